The van der Waals surface area contributed by atoms with Gasteiger partial charge < -0.3 is 21.3 Å². The number of quaternary nitrogens is 1. The third kappa shape index (κ3) is 2.50. The summed E-state index contributed by atoms with van der Waals surface area (Å²) in [6.45, 7) is 4.20. The second-order valence-electron chi connectivity index (χ2n) is 4.58. The average Bonchev–Trinajstić information content (AvgIpc) is 2.30. The molecule has 1 aromatic carbocycles. The number of piperazine rings is 1. The van der Waals surface area contributed by atoms with Crippen molar-refractivity contribution in [2.24, 2.45) is 5.73 Å². The van der Waals surface area contributed by atoms with E-state index in [0.29, 0.717) is 11.3 Å². The number of hydrogen-bond acceptors (Lipinski definition) is 3. The van der Waals surface area contributed by atoms with E-state index in [-0.39, 0.29) is 0 Å². The standard InChI is InChI=1S/C12H18N4O/c1-15-4-6-16(7-5-15)11-3-2-9(12(14)17)8-10(11)13/h2-3,8H,4-7,13H2,1H3,(H2,14,17)/p+1. The highest BCUT2D eigenvalue weighted by molar-refractivity contribution is 5.94. The Hall–Kier alpha value is -1.75. The first-order valence-electron chi connectivity index (χ1n) is 5.83. The molecule has 2 rings (SSSR count). The highest BCUT2D eigenvalue weighted by atomic mass is 16.1. The number of carbonyl (C=O) groups is 1. The molecule has 1 aliphatic rings. The summed E-state index contributed by atoms with van der Waals surface area (Å²) in [5, 5.41) is 0. The molecule has 5 heteroatoms. The summed E-state index contributed by atoms with van der Waals surface area (Å²) in [7, 11) is 2.19. The number of nitrogens with zero attached hydrogens (tertiary/aromatic N) is 1. The minimum atomic E-state index is -0.439. The van der Waals surface area contributed by atoms with Gasteiger partial charge in [-0.1, -0.05) is 0 Å². The summed E-state index contributed by atoms with van der Waals surface area (Å²) in [5.74, 6) is -0.439. The number of likely N-dealkylation sites (N-methyl/N-ethyl adjacent to an activating group) is 1. The molecule has 5 nitrogen and oxygen atoms in total. The van der Waals surface area contributed by atoms with Crippen LogP contribution in [-0.2, 0) is 0 Å². The van der Waals surface area contributed by atoms with Crippen LogP contribution in [0.3, 0.4) is 0 Å². The predicted molar refractivity (Wildman–Crippen MR) is 68.2 cm³/mol. The molecule has 0 aromatic heterocycles. The fraction of sp³-hybridized carbons (Fsp3) is 0.417. The minimum absolute atomic E-state index is 0.439. The smallest absolute Gasteiger partial charge is 0.248 e. The molecule has 1 fully saturated rings. The highest BCUT2D eigenvalue weighted by Crippen LogP contribution is 2.24. The van der Waals surface area contributed by atoms with Crippen LogP contribution in [0.25, 0.3) is 0 Å². The first kappa shape index (κ1) is 11.7. The molecule has 1 aromatic rings. The molecule has 0 unspecified atom stereocenters. The van der Waals surface area contributed by atoms with Crippen molar-refractivity contribution in [3.05, 3.63) is 23.8 Å². The van der Waals surface area contributed by atoms with E-state index in [1.807, 2.05) is 6.07 Å². The number of rotatable bonds is 2. The molecule has 0 saturated carbocycles. The van der Waals surface area contributed by atoms with Crippen LogP contribution in [0, 0.1) is 0 Å². The Kier molecular flexibility index (Phi) is 3.19. The second kappa shape index (κ2) is 4.63. The molecule has 0 atom stereocenters. The number of carbonyl (C=O) groups excluding carboxylic acids is 1. The largest absolute Gasteiger partial charge is 0.397 e. The molecule has 17 heavy (non-hydrogen) atoms. The van der Waals surface area contributed by atoms with Gasteiger partial charge in [-0.05, 0) is 18.2 Å². The quantitative estimate of drug-likeness (QED) is 0.558. The zero-order valence-electron chi connectivity index (χ0n) is 10.1. The number of anilines is 2. The zero-order chi connectivity index (χ0) is 12.4. The molecule has 1 amide bonds. The Labute approximate surface area is 101 Å². The predicted octanol–water partition coefficient (Wildman–Crippen LogP) is -1.30. The maximum atomic E-state index is 11.0. The van der Waals surface area contributed by atoms with E-state index in [0.717, 1.165) is 31.9 Å². The summed E-state index contributed by atoms with van der Waals surface area (Å²) < 4.78 is 0. The zero-order valence-corrected chi connectivity index (χ0v) is 10.1. The van der Waals surface area contributed by atoms with Gasteiger partial charge in [0.2, 0.25) is 5.91 Å². The van der Waals surface area contributed by atoms with Gasteiger partial charge in [-0.3, -0.25) is 4.79 Å². The Morgan fingerprint density at radius 3 is 2.53 bits per heavy atom. The van der Waals surface area contributed by atoms with Crippen LogP contribution in [-0.4, -0.2) is 39.1 Å². The van der Waals surface area contributed by atoms with Crippen molar-refractivity contribution < 1.29 is 9.69 Å². The Morgan fingerprint density at radius 2 is 2.00 bits per heavy atom. The summed E-state index contributed by atoms with van der Waals surface area (Å²) in [6.07, 6.45) is 0. The van der Waals surface area contributed by atoms with Gasteiger partial charge in [-0.15, -0.1) is 0 Å². The lowest BCUT2D eigenvalue weighted by Crippen LogP contribution is -3.12. The fourth-order valence-corrected chi connectivity index (χ4v) is 2.13. The Morgan fingerprint density at radius 1 is 1.35 bits per heavy atom. The van der Waals surface area contributed by atoms with Crippen LogP contribution in [0.5, 0.6) is 0 Å². The molecule has 1 aliphatic heterocycles. The van der Waals surface area contributed by atoms with Gasteiger partial charge in [0.05, 0.1) is 44.6 Å². The normalized spacial score (nSPS) is 17.1. The Balaban J connectivity index is 2.19. The van der Waals surface area contributed by atoms with Crippen LogP contribution in [0.15, 0.2) is 18.2 Å². The molecule has 0 spiro atoms. The van der Waals surface area contributed by atoms with Gasteiger partial charge in [-0.2, -0.15) is 0 Å². The van der Waals surface area contributed by atoms with E-state index in [9.17, 15) is 4.79 Å². The van der Waals surface area contributed by atoms with Crippen LogP contribution in [0.1, 0.15) is 10.4 Å². The third-order valence-electron chi connectivity index (χ3n) is 3.27. The van der Waals surface area contributed by atoms with E-state index in [2.05, 4.69) is 11.9 Å². The Bertz CT molecular complexity index is 425. The maximum absolute atomic E-state index is 11.0. The number of benzene rings is 1. The van der Waals surface area contributed by atoms with Gasteiger partial charge in [0.15, 0.2) is 0 Å². The summed E-state index contributed by atoms with van der Waals surface area (Å²) in [5.41, 5.74) is 13.3. The number of amides is 1. The lowest BCUT2D eigenvalue weighted by atomic mass is 10.1. The van der Waals surface area contributed by atoms with Crippen molar-refractivity contribution in [2.75, 3.05) is 43.9 Å². The van der Waals surface area contributed by atoms with E-state index in [4.69, 9.17) is 11.5 Å². The topological polar surface area (TPSA) is 76.8 Å². The maximum Gasteiger partial charge on any atom is 0.248 e. The van der Waals surface area contributed by atoms with E-state index in [1.54, 1.807) is 12.1 Å². The SMILES string of the molecule is C[NH+]1CCN(c2ccc(C(N)=O)cc2N)CC1. The van der Waals surface area contributed by atoms with Gasteiger partial charge >= 0.3 is 0 Å². The molecule has 5 N–H and O–H groups in total. The first-order chi connectivity index (χ1) is 8.08. The summed E-state index contributed by atoms with van der Waals surface area (Å²) in [4.78, 5) is 14.8. The number of hydrogen-bond donors (Lipinski definition) is 3. The van der Waals surface area contributed by atoms with Gasteiger partial charge in [0.1, 0.15) is 0 Å². The van der Waals surface area contributed by atoms with Crippen LogP contribution >= 0.6 is 0 Å². The average molecular weight is 235 g/mol. The molecule has 1 heterocycles. The van der Waals surface area contributed by atoms with Crippen molar-refractivity contribution in [3.63, 3.8) is 0 Å². The van der Waals surface area contributed by atoms with Gasteiger partial charge in [-0.25, -0.2) is 0 Å². The molecule has 0 aliphatic carbocycles. The summed E-state index contributed by atoms with van der Waals surface area (Å²) in [6, 6.07) is 5.28. The molecule has 1 saturated heterocycles. The molecule has 0 radical (unpaired) electrons. The van der Waals surface area contributed by atoms with Crippen molar-refractivity contribution in [1.82, 2.24) is 0 Å². The first-order valence-corrected chi connectivity index (χ1v) is 5.83. The van der Waals surface area contributed by atoms with Crippen LogP contribution in [0.4, 0.5) is 11.4 Å². The van der Waals surface area contributed by atoms with E-state index >= 15 is 0 Å². The number of nitrogen functional groups attached to an aromatic ring is 1. The monoisotopic (exact) mass is 235 g/mol. The van der Waals surface area contributed by atoms with Gasteiger partial charge in [0.25, 0.3) is 0 Å². The van der Waals surface area contributed by atoms with E-state index < -0.39 is 5.91 Å². The molecule has 92 valence electrons. The van der Waals surface area contributed by atoms with Crippen molar-refractivity contribution >= 4 is 17.3 Å². The summed E-state index contributed by atoms with van der Waals surface area (Å²) >= 11 is 0. The third-order valence-corrected chi connectivity index (χ3v) is 3.27. The van der Waals surface area contributed by atoms with Gasteiger partial charge in [0, 0.05) is 5.56 Å². The lowest BCUT2D eigenvalue weighted by molar-refractivity contribution is -0.880. The highest BCUT2D eigenvalue weighted by Gasteiger charge is 2.18. The fourth-order valence-electron chi connectivity index (χ4n) is 2.13. The lowest BCUT2D eigenvalue weighted by Gasteiger charge is -2.32. The van der Waals surface area contributed by atoms with E-state index in [1.165, 1.54) is 4.90 Å². The van der Waals surface area contributed by atoms with Crippen molar-refractivity contribution in [3.8, 4) is 0 Å². The van der Waals surface area contributed by atoms with Crippen LogP contribution < -0.4 is 21.3 Å². The minimum Gasteiger partial charge on any atom is -0.397 e. The number of nitrogens with one attached hydrogen (secondary N) is 1. The molecular weight excluding hydrogens is 216 g/mol. The second-order valence-corrected chi connectivity index (χ2v) is 4.58. The van der Waals surface area contributed by atoms with Crippen LogP contribution in [0.2, 0.25) is 0 Å². The number of nitrogens with two attached hydrogens (primary N) is 2. The van der Waals surface area contributed by atoms with Crippen molar-refractivity contribution in [2.45, 2.75) is 0 Å². The molecular formula is C12H19N4O+. The van der Waals surface area contributed by atoms with Crippen molar-refractivity contribution in [1.29, 1.82) is 0 Å². The molecule has 0 bridgehead atoms. The number of primary amides is 1.